The van der Waals surface area contributed by atoms with Gasteiger partial charge in [0.2, 0.25) is 0 Å². The van der Waals surface area contributed by atoms with Crippen molar-refractivity contribution in [3.05, 3.63) is 12.1 Å². The van der Waals surface area contributed by atoms with Crippen molar-refractivity contribution in [1.29, 1.82) is 0 Å². The third-order valence-corrected chi connectivity index (χ3v) is 1.83. The molecule has 11 heavy (non-hydrogen) atoms. The van der Waals surface area contributed by atoms with Crippen molar-refractivity contribution in [1.82, 2.24) is 0 Å². The molecule has 0 radical (unpaired) electrons. The zero-order valence-corrected chi connectivity index (χ0v) is 9.35. The predicted octanol–water partition coefficient (Wildman–Crippen LogP) is 4.30. The Balaban J connectivity index is 3.90. The van der Waals surface area contributed by atoms with Crippen LogP contribution in [0, 0.1) is 0 Å². The zero-order chi connectivity index (χ0) is 9.12. The number of rotatable bonds is 3. The molecule has 0 aliphatic rings. The molecule has 0 fully saturated rings. The molecule has 0 aliphatic carbocycles. The fraction of sp³-hybridized carbons (Fsp3) is 0.500. The van der Waals surface area contributed by atoms with E-state index < -0.39 is 10.4 Å². The van der Waals surface area contributed by atoms with E-state index in [4.69, 9.17) is 45.7 Å². The van der Waals surface area contributed by atoms with E-state index in [1.54, 1.807) is 0 Å². The molecule has 0 unspecified atom stereocenters. The molecule has 0 spiro atoms. The molecule has 0 bridgehead atoms. The molecule has 2 nitrogen and oxygen atoms in total. The maximum Gasteiger partial charge on any atom is 0.277 e. The molecule has 0 aromatic rings. The summed E-state index contributed by atoms with van der Waals surface area (Å²) in [5.41, 5.74) is 0. The summed E-state index contributed by atoms with van der Waals surface area (Å²) >= 11 is 21.0. The third-order valence-electron chi connectivity index (χ3n) is 0.509. The number of ether oxygens (including phenoxy) is 1. The molecular weight excluding hydrogens is 253 g/mol. The number of halogens is 4. The Bertz CT molecular complexity index is 191. The number of hydrogen-bond acceptors (Lipinski definition) is 2. The average molecular weight is 258 g/mol. The van der Waals surface area contributed by atoms with Gasteiger partial charge in [0, 0.05) is 12.7 Å². The monoisotopic (exact) mass is 256 g/mol. The van der Waals surface area contributed by atoms with Crippen LogP contribution in [0.1, 0.15) is 6.92 Å². The maximum atomic E-state index is 10.6. The Morgan fingerprint density at radius 3 is 2.18 bits per heavy atom. The van der Waals surface area contributed by atoms with Gasteiger partial charge in [0.05, 0.1) is 6.26 Å². The Morgan fingerprint density at radius 1 is 1.45 bits per heavy atom. The lowest BCUT2D eigenvalue weighted by Crippen LogP contribution is -2.06. The molecule has 66 valence electrons. The predicted molar refractivity (Wildman–Crippen MR) is 49.6 cm³/mol. The minimum atomic E-state index is -3.23. The largest absolute Gasteiger partial charge is 0.466 e. The van der Waals surface area contributed by atoms with Crippen LogP contribution in [0.15, 0.2) is 12.1 Å². The summed E-state index contributed by atoms with van der Waals surface area (Å²) in [6.45, 7) is 1.40. The van der Waals surface area contributed by atoms with Gasteiger partial charge >= 0.3 is 0 Å². The van der Waals surface area contributed by atoms with Crippen LogP contribution in [0.5, 0.6) is 0 Å². The smallest absolute Gasteiger partial charge is 0.277 e. The highest BCUT2D eigenvalue weighted by molar-refractivity contribution is 8.10. The molecule has 0 atom stereocenters. The molecule has 0 saturated heterocycles. The van der Waals surface area contributed by atoms with Crippen molar-refractivity contribution >= 4 is 51.5 Å². The van der Waals surface area contributed by atoms with Crippen molar-refractivity contribution in [3.8, 4) is 0 Å². The summed E-state index contributed by atoms with van der Waals surface area (Å²) < 4.78 is 13.8. The summed E-state index contributed by atoms with van der Waals surface area (Å²) in [6, 6.07) is 0. The molecule has 0 aromatic carbocycles. The van der Waals surface area contributed by atoms with Crippen molar-refractivity contribution in [2.24, 2.45) is 0 Å². The van der Waals surface area contributed by atoms with Crippen LogP contribution in [0.3, 0.4) is 0 Å². The van der Waals surface area contributed by atoms with Crippen LogP contribution in [-0.4, -0.2) is 4.52 Å². The molecule has 0 N–H and O–H groups in total. The van der Waals surface area contributed by atoms with Gasteiger partial charge in [-0.2, -0.15) is 0 Å². The molecule has 0 aliphatic heterocycles. The summed E-state index contributed by atoms with van der Waals surface area (Å²) in [6.07, 6.45) is 1.00. The Morgan fingerprint density at radius 2 is 1.91 bits per heavy atom. The van der Waals surface area contributed by atoms with Crippen molar-refractivity contribution < 1.29 is 9.30 Å². The second kappa shape index (κ2) is 4.25. The van der Waals surface area contributed by atoms with Gasteiger partial charge in [-0.25, -0.2) is 0 Å². The lowest BCUT2D eigenvalue weighted by molar-refractivity contribution is 0.197. The first-order valence-electron chi connectivity index (χ1n) is 2.43. The molecular formula is C4H5Cl4O2P. The fourth-order valence-electron chi connectivity index (χ4n) is 0.221. The topological polar surface area (TPSA) is 26.3 Å². The van der Waals surface area contributed by atoms with Gasteiger partial charge in [-0.1, -0.05) is 23.2 Å². The second-order valence-electron chi connectivity index (χ2n) is 1.71. The fourth-order valence-corrected chi connectivity index (χ4v) is 0.802. The zero-order valence-electron chi connectivity index (χ0n) is 5.43. The van der Waals surface area contributed by atoms with Crippen LogP contribution in [-0.2, 0) is 9.30 Å². The van der Waals surface area contributed by atoms with Crippen LogP contribution in [0.4, 0.5) is 0 Å². The van der Waals surface area contributed by atoms with E-state index in [2.05, 4.69) is 4.74 Å². The lowest BCUT2D eigenvalue weighted by Gasteiger charge is -2.11. The van der Waals surface area contributed by atoms with Gasteiger partial charge in [0.25, 0.3) is 10.4 Å². The van der Waals surface area contributed by atoms with E-state index >= 15 is 0 Å². The number of alkyl halides is 2. The number of hydrogen-bond donors (Lipinski definition) is 0. The van der Waals surface area contributed by atoms with Gasteiger partial charge in [0.1, 0.15) is 0 Å². The minimum Gasteiger partial charge on any atom is -0.466 e. The van der Waals surface area contributed by atoms with Crippen molar-refractivity contribution in [2.75, 3.05) is 0 Å². The van der Waals surface area contributed by atoms with Crippen LogP contribution in [0.25, 0.3) is 0 Å². The standard InChI is InChI=1S/C4H5Cl4O2P/c1-4(5,6)10-2-3-11(7,8)9/h2-3H,1H3. The summed E-state index contributed by atoms with van der Waals surface area (Å²) in [4.78, 5) is 0. The first-order valence-corrected chi connectivity index (χ1v) is 6.77. The quantitative estimate of drug-likeness (QED) is 0.428. The molecule has 7 heteroatoms. The van der Waals surface area contributed by atoms with E-state index in [1.807, 2.05) is 0 Å². The maximum absolute atomic E-state index is 10.6. The van der Waals surface area contributed by atoms with Gasteiger partial charge < -0.3 is 4.74 Å². The highest BCUT2D eigenvalue weighted by Crippen LogP contribution is 2.58. The van der Waals surface area contributed by atoms with Gasteiger partial charge in [-0.05, 0) is 22.5 Å². The van der Waals surface area contributed by atoms with Gasteiger partial charge in [-0.3, -0.25) is 4.57 Å². The van der Waals surface area contributed by atoms with E-state index in [0.717, 1.165) is 12.1 Å². The molecule has 0 aromatic heterocycles. The highest BCUT2D eigenvalue weighted by Gasteiger charge is 2.16. The first kappa shape index (κ1) is 11.9. The van der Waals surface area contributed by atoms with E-state index in [0.29, 0.717) is 0 Å². The normalized spacial score (nSPS) is 13.9. The molecule has 0 amide bonds. The first-order chi connectivity index (χ1) is 4.71. The molecule has 0 saturated carbocycles. The van der Waals surface area contributed by atoms with Crippen LogP contribution >= 0.6 is 51.5 Å². The second-order valence-corrected chi connectivity index (χ2v) is 8.18. The SMILES string of the molecule is CC(Cl)(Cl)OC=CP(=O)(Cl)Cl. The van der Waals surface area contributed by atoms with Gasteiger partial charge in [0.15, 0.2) is 0 Å². The lowest BCUT2D eigenvalue weighted by atomic mass is 10.8. The minimum absolute atomic E-state index is 0.985. The summed E-state index contributed by atoms with van der Waals surface area (Å²) in [7, 11) is 0. The van der Waals surface area contributed by atoms with E-state index in [-0.39, 0.29) is 0 Å². The Kier molecular flexibility index (Phi) is 4.61. The van der Waals surface area contributed by atoms with E-state index in [9.17, 15) is 4.57 Å². The van der Waals surface area contributed by atoms with Crippen molar-refractivity contribution in [3.63, 3.8) is 0 Å². The summed E-state index contributed by atoms with van der Waals surface area (Å²) in [5.74, 6) is -2.24. The van der Waals surface area contributed by atoms with E-state index in [1.165, 1.54) is 6.92 Å². The van der Waals surface area contributed by atoms with Gasteiger partial charge in [-0.15, -0.1) is 0 Å². The molecule has 0 heterocycles. The van der Waals surface area contributed by atoms with Crippen LogP contribution < -0.4 is 0 Å². The average Bonchev–Trinajstić information content (AvgIpc) is 1.55. The van der Waals surface area contributed by atoms with Crippen molar-refractivity contribution in [2.45, 2.75) is 11.4 Å². The Hall–Kier alpha value is 0.930. The summed E-state index contributed by atoms with van der Waals surface area (Å²) in [5, 5.41) is 0. The molecule has 0 rings (SSSR count). The third kappa shape index (κ3) is 10.9. The highest BCUT2D eigenvalue weighted by atomic mass is 35.9. The van der Waals surface area contributed by atoms with Crippen LogP contribution in [0.2, 0.25) is 0 Å². The Labute approximate surface area is 84.3 Å².